The first-order chi connectivity index (χ1) is 12.9. The number of hydrogen-bond acceptors (Lipinski definition) is 2. The highest BCUT2D eigenvalue weighted by Gasteiger charge is 2.09. The first-order valence-electron chi connectivity index (χ1n) is 9.04. The lowest BCUT2D eigenvalue weighted by Gasteiger charge is -2.25. The average Bonchev–Trinajstić information content (AvgIpc) is 2.67. The zero-order valence-electron chi connectivity index (χ0n) is 15.1. The SMILES string of the molecule is C1#CCN(Cc2ccccc2)CCN(Cc2ccccc2)CC#C/C=C\1. The van der Waals surface area contributed by atoms with Crippen molar-refractivity contribution < 1.29 is 0 Å². The fourth-order valence-electron chi connectivity index (χ4n) is 2.91. The van der Waals surface area contributed by atoms with Gasteiger partial charge in [0.15, 0.2) is 0 Å². The van der Waals surface area contributed by atoms with Gasteiger partial charge in [0, 0.05) is 26.2 Å². The summed E-state index contributed by atoms with van der Waals surface area (Å²) in [6.45, 7) is 5.33. The van der Waals surface area contributed by atoms with Gasteiger partial charge in [-0.05, 0) is 23.3 Å². The minimum atomic E-state index is 0.770. The van der Waals surface area contributed by atoms with E-state index in [-0.39, 0.29) is 0 Å². The van der Waals surface area contributed by atoms with Gasteiger partial charge in [0.25, 0.3) is 0 Å². The van der Waals surface area contributed by atoms with Crippen molar-refractivity contribution in [2.45, 2.75) is 13.1 Å². The molecule has 0 aromatic heterocycles. The molecule has 0 spiro atoms. The highest BCUT2D eigenvalue weighted by atomic mass is 15.2. The van der Waals surface area contributed by atoms with Gasteiger partial charge >= 0.3 is 0 Å². The molecule has 2 aromatic rings. The molecule has 0 unspecified atom stereocenters. The molecule has 0 amide bonds. The first-order valence-corrected chi connectivity index (χ1v) is 9.04. The highest BCUT2D eigenvalue weighted by molar-refractivity contribution is 5.26. The van der Waals surface area contributed by atoms with Crippen LogP contribution in [0.4, 0.5) is 0 Å². The maximum Gasteiger partial charge on any atom is 0.0608 e. The fourth-order valence-corrected chi connectivity index (χ4v) is 2.91. The van der Waals surface area contributed by atoms with E-state index in [0.717, 1.165) is 39.3 Å². The minimum absolute atomic E-state index is 0.770. The van der Waals surface area contributed by atoms with E-state index >= 15 is 0 Å². The van der Waals surface area contributed by atoms with Crippen molar-refractivity contribution in [3.8, 4) is 23.7 Å². The smallest absolute Gasteiger partial charge is 0.0608 e. The Kier molecular flexibility index (Phi) is 7.12. The standard InChI is InChI=1S/C24H24N2/c1-2-4-12-18-26(22-24-15-9-6-10-16-24)20-19-25(17-11-3-1)21-23-13-7-5-8-14-23/h1-2,5-10,13-16H,17-22H2/b2-1-. The molecule has 2 nitrogen and oxygen atoms in total. The van der Waals surface area contributed by atoms with E-state index in [9.17, 15) is 0 Å². The first kappa shape index (κ1) is 18.0. The summed E-state index contributed by atoms with van der Waals surface area (Å²) in [5, 5.41) is 0. The van der Waals surface area contributed by atoms with Crippen LogP contribution in [0, 0.1) is 23.7 Å². The zero-order valence-corrected chi connectivity index (χ0v) is 15.1. The normalized spacial score (nSPS) is 16.9. The van der Waals surface area contributed by atoms with Crippen LogP contribution in [-0.4, -0.2) is 36.0 Å². The van der Waals surface area contributed by atoms with E-state index in [4.69, 9.17) is 0 Å². The minimum Gasteiger partial charge on any atom is -0.287 e. The Morgan fingerprint density at radius 1 is 0.615 bits per heavy atom. The Hall–Kier alpha value is -2.78. The maximum absolute atomic E-state index is 3.24. The van der Waals surface area contributed by atoms with Gasteiger partial charge in [-0.25, -0.2) is 0 Å². The van der Waals surface area contributed by atoms with Crippen molar-refractivity contribution in [2.75, 3.05) is 26.2 Å². The fraction of sp³-hybridized carbons (Fsp3) is 0.250. The van der Waals surface area contributed by atoms with Crippen LogP contribution in [0.15, 0.2) is 72.8 Å². The van der Waals surface area contributed by atoms with Crippen molar-refractivity contribution in [1.29, 1.82) is 0 Å². The molecule has 0 saturated carbocycles. The molecule has 1 heterocycles. The lowest BCUT2D eigenvalue weighted by molar-refractivity contribution is 0.221. The van der Waals surface area contributed by atoms with E-state index < -0.39 is 0 Å². The van der Waals surface area contributed by atoms with Crippen LogP contribution in [0.3, 0.4) is 0 Å². The van der Waals surface area contributed by atoms with E-state index in [1.807, 2.05) is 12.2 Å². The second kappa shape index (κ2) is 10.3. The van der Waals surface area contributed by atoms with E-state index in [2.05, 4.69) is 94.1 Å². The summed E-state index contributed by atoms with van der Waals surface area (Å²) in [6.07, 6.45) is 3.69. The van der Waals surface area contributed by atoms with Crippen molar-refractivity contribution in [3.63, 3.8) is 0 Å². The van der Waals surface area contributed by atoms with Gasteiger partial charge in [-0.2, -0.15) is 0 Å². The molecule has 3 rings (SSSR count). The van der Waals surface area contributed by atoms with Crippen LogP contribution in [0.2, 0.25) is 0 Å². The number of rotatable bonds is 4. The Morgan fingerprint density at radius 2 is 1.04 bits per heavy atom. The van der Waals surface area contributed by atoms with Gasteiger partial charge in [0.2, 0.25) is 0 Å². The van der Waals surface area contributed by atoms with Crippen molar-refractivity contribution in [3.05, 3.63) is 83.9 Å². The van der Waals surface area contributed by atoms with Gasteiger partial charge in [0.05, 0.1) is 13.1 Å². The highest BCUT2D eigenvalue weighted by Crippen LogP contribution is 2.07. The van der Waals surface area contributed by atoms with Crippen LogP contribution in [0.25, 0.3) is 0 Å². The summed E-state index contributed by atoms with van der Waals surface area (Å²) in [5.74, 6) is 12.6. The molecular formula is C24H24N2. The number of benzene rings is 2. The molecule has 1 aliphatic rings. The van der Waals surface area contributed by atoms with Crippen LogP contribution in [-0.2, 0) is 13.1 Å². The molecule has 0 atom stereocenters. The summed E-state index contributed by atoms with van der Waals surface area (Å²) >= 11 is 0. The molecule has 2 aromatic carbocycles. The second-order valence-electron chi connectivity index (χ2n) is 6.37. The molecule has 2 heteroatoms. The van der Waals surface area contributed by atoms with E-state index in [1.54, 1.807) is 0 Å². The van der Waals surface area contributed by atoms with Gasteiger partial charge in [0.1, 0.15) is 0 Å². The molecule has 0 N–H and O–H groups in total. The van der Waals surface area contributed by atoms with Crippen molar-refractivity contribution in [2.24, 2.45) is 0 Å². The molecular weight excluding hydrogens is 316 g/mol. The zero-order chi connectivity index (χ0) is 17.9. The third-order valence-corrected chi connectivity index (χ3v) is 4.29. The Morgan fingerprint density at radius 3 is 1.46 bits per heavy atom. The lowest BCUT2D eigenvalue weighted by atomic mass is 10.2. The van der Waals surface area contributed by atoms with Gasteiger partial charge < -0.3 is 0 Å². The second-order valence-corrected chi connectivity index (χ2v) is 6.37. The molecule has 0 saturated heterocycles. The molecule has 1 aliphatic heterocycles. The van der Waals surface area contributed by atoms with Crippen molar-refractivity contribution >= 4 is 0 Å². The molecule has 0 fully saturated rings. The molecule has 0 aliphatic carbocycles. The van der Waals surface area contributed by atoms with Crippen LogP contribution < -0.4 is 0 Å². The number of nitrogens with zero attached hydrogens (tertiary/aromatic N) is 2. The third-order valence-electron chi connectivity index (χ3n) is 4.29. The monoisotopic (exact) mass is 340 g/mol. The maximum atomic E-state index is 3.24. The average molecular weight is 340 g/mol. The largest absolute Gasteiger partial charge is 0.287 e. The summed E-state index contributed by atoms with van der Waals surface area (Å²) in [4.78, 5) is 4.81. The van der Waals surface area contributed by atoms with Gasteiger partial charge in [-0.3, -0.25) is 9.80 Å². The number of hydrogen-bond donors (Lipinski definition) is 0. The Balaban J connectivity index is 1.69. The molecule has 130 valence electrons. The summed E-state index contributed by atoms with van der Waals surface area (Å²) in [6, 6.07) is 21.2. The Bertz CT molecular complexity index is 745. The summed E-state index contributed by atoms with van der Waals surface area (Å²) in [7, 11) is 0. The van der Waals surface area contributed by atoms with Crippen LogP contribution in [0.5, 0.6) is 0 Å². The predicted molar refractivity (Wildman–Crippen MR) is 108 cm³/mol. The third kappa shape index (κ3) is 6.26. The summed E-state index contributed by atoms with van der Waals surface area (Å²) in [5.41, 5.74) is 2.65. The topological polar surface area (TPSA) is 6.48 Å². The van der Waals surface area contributed by atoms with Crippen molar-refractivity contribution in [1.82, 2.24) is 9.80 Å². The van der Waals surface area contributed by atoms with E-state index in [0.29, 0.717) is 0 Å². The molecule has 26 heavy (non-hydrogen) atoms. The molecule has 0 bridgehead atoms. The Labute approximate surface area is 157 Å². The van der Waals surface area contributed by atoms with Crippen LogP contribution >= 0.6 is 0 Å². The van der Waals surface area contributed by atoms with Gasteiger partial charge in [-0.15, -0.1) is 0 Å². The quantitative estimate of drug-likeness (QED) is 0.785. The van der Waals surface area contributed by atoms with Gasteiger partial charge in [-0.1, -0.05) is 84.3 Å². The summed E-state index contributed by atoms with van der Waals surface area (Å²) < 4.78 is 0. The number of allylic oxidation sites excluding steroid dienone is 2. The predicted octanol–water partition coefficient (Wildman–Crippen LogP) is 3.57. The van der Waals surface area contributed by atoms with Crippen LogP contribution in [0.1, 0.15) is 11.1 Å². The molecule has 0 radical (unpaired) electrons. The lowest BCUT2D eigenvalue weighted by Crippen LogP contribution is -2.35. The van der Waals surface area contributed by atoms with E-state index in [1.165, 1.54) is 11.1 Å².